The van der Waals surface area contributed by atoms with Crippen molar-refractivity contribution >= 4 is 17.6 Å². The number of anilines is 1. The molecule has 0 saturated carbocycles. The van der Waals surface area contributed by atoms with Gasteiger partial charge in [0.05, 0.1) is 12.3 Å². The first-order valence-electron chi connectivity index (χ1n) is 5.68. The highest BCUT2D eigenvalue weighted by Gasteiger charge is 2.34. The van der Waals surface area contributed by atoms with E-state index in [1.807, 2.05) is 31.2 Å². The summed E-state index contributed by atoms with van der Waals surface area (Å²) < 4.78 is 0. The average molecular weight is 233 g/mol. The summed E-state index contributed by atoms with van der Waals surface area (Å²) in [5, 5.41) is 8.73. The fourth-order valence-corrected chi connectivity index (χ4v) is 2.24. The molecule has 1 aliphatic rings. The lowest BCUT2D eigenvalue weighted by Gasteiger charge is -2.18. The second-order valence-corrected chi connectivity index (χ2v) is 4.36. The molecule has 4 nitrogen and oxygen atoms in total. The summed E-state index contributed by atoms with van der Waals surface area (Å²) in [6.07, 6.45) is 0.556. The number of rotatable bonds is 3. The van der Waals surface area contributed by atoms with Gasteiger partial charge in [-0.15, -0.1) is 0 Å². The van der Waals surface area contributed by atoms with Crippen LogP contribution < -0.4 is 4.90 Å². The summed E-state index contributed by atoms with van der Waals surface area (Å²) in [6.45, 7) is 2.56. The van der Waals surface area contributed by atoms with Crippen LogP contribution in [0.3, 0.4) is 0 Å². The van der Waals surface area contributed by atoms with E-state index in [1.54, 1.807) is 4.90 Å². The Morgan fingerprint density at radius 3 is 2.82 bits per heavy atom. The van der Waals surface area contributed by atoms with Crippen molar-refractivity contribution in [3.63, 3.8) is 0 Å². The number of carboxylic acid groups (broad SMARTS) is 1. The largest absolute Gasteiger partial charge is 0.481 e. The van der Waals surface area contributed by atoms with Crippen LogP contribution in [0, 0.1) is 12.8 Å². The molecule has 1 N–H and O–H groups in total. The number of para-hydroxylation sites is 1. The van der Waals surface area contributed by atoms with Gasteiger partial charge in [-0.05, 0) is 25.0 Å². The van der Waals surface area contributed by atoms with Crippen LogP contribution in [0.1, 0.15) is 18.4 Å². The number of amides is 1. The van der Waals surface area contributed by atoms with Gasteiger partial charge in [0, 0.05) is 12.2 Å². The molecule has 1 fully saturated rings. The van der Waals surface area contributed by atoms with Crippen LogP contribution in [0.4, 0.5) is 5.69 Å². The van der Waals surface area contributed by atoms with E-state index < -0.39 is 5.97 Å². The number of benzene rings is 1. The zero-order chi connectivity index (χ0) is 12.4. The van der Waals surface area contributed by atoms with Gasteiger partial charge in [-0.2, -0.15) is 0 Å². The van der Waals surface area contributed by atoms with E-state index in [9.17, 15) is 9.59 Å². The lowest BCUT2D eigenvalue weighted by atomic mass is 10.0. The molecule has 1 amide bonds. The first-order chi connectivity index (χ1) is 8.09. The van der Waals surface area contributed by atoms with Crippen molar-refractivity contribution in [3.8, 4) is 0 Å². The maximum atomic E-state index is 12.1. The van der Waals surface area contributed by atoms with Crippen LogP contribution >= 0.6 is 0 Å². The van der Waals surface area contributed by atoms with Crippen LogP contribution in [0.5, 0.6) is 0 Å². The number of hydrogen-bond acceptors (Lipinski definition) is 2. The fourth-order valence-electron chi connectivity index (χ4n) is 2.24. The second kappa shape index (κ2) is 4.57. The highest BCUT2D eigenvalue weighted by atomic mass is 16.4. The number of nitrogens with zero attached hydrogens (tertiary/aromatic N) is 1. The molecule has 1 aliphatic heterocycles. The lowest BCUT2D eigenvalue weighted by Crippen LogP contribution is -2.28. The summed E-state index contributed by atoms with van der Waals surface area (Å²) in [7, 11) is 0. The van der Waals surface area contributed by atoms with Crippen molar-refractivity contribution in [3.05, 3.63) is 29.8 Å². The zero-order valence-corrected chi connectivity index (χ0v) is 9.72. The summed E-state index contributed by atoms with van der Waals surface area (Å²) >= 11 is 0. The predicted octanol–water partition coefficient (Wildman–Crippen LogP) is 1.82. The number of hydrogen-bond donors (Lipinski definition) is 1. The molecule has 2 rings (SSSR count). The van der Waals surface area contributed by atoms with Crippen molar-refractivity contribution < 1.29 is 14.7 Å². The third kappa shape index (κ3) is 2.30. The topological polar surface area (TPSA) is 57.6 Å². The van der Waals surface area contributed by atoms with Crippen molar-refractivity contribution in [2.75, 3.05) is 11.4 Å². The average Bonchev–Trinajstić information content (AvgIpc) is 2.61. The SMILES string of the molecule is Cc1ccccc1N1CCC(CC(=O)O)C1=O. The van der Waals surface area contributed by atoms with E-state index in [1.165, 1.54) is 0 Å². The Hall–Kier alpha value is -1.84. The van der Waals surface area contributed by atoms with E-state index in [2.05, 4.69) is 0 Å². The van der Waals surface area contributed by atoms with Crippen LogP contribution in [0.15, 0.2) is 24.3 Å². The van der Waals surface area contributed by atoms with E-state index in [-0.39, 0.29) is 18.2 Å². The molecule has 1 aromatic carbocycles. The molecule has 0 bridgehead atoms. The van der Waals surface area contributed by atoms with Crippen LogP contribution in [-0.2, 0) is 9.59 Å². The Balaban J connectivity index is 2.18. The van der Waals surface area contributed by atoms with Crippen LogP contribution in [0.25, 0.3) is 0 Å². The smallest absolute Gasteiger partial charge is 0.304 e. The normalized spacial score (nSPS) is 19.7. The van der Waals surface area contributed by atoms with Crippen molar-refractivity contribution in [1.82, 2.24) is 0 Å². The maximum absolute atomic E-state index is 12.1. The number of carboxylic acids is 1. The molecular weight excluding hydrogens is 218 g/mol. The minimum absolute atomic E-state index is 0.0679. The molecule has 17 heavy (non-hydrogen) atoms. The first kappa shape index (κ1) is 11.6. The zero-order valence-electron chi connectivity index (χ0n) is 9.72. The number of aliphatic carboxylic acids is 1. The van der Waals surface area contributed by atoms with E-state index in [0.29, 0.717) is 13.0 Å². The quantitative estimate of drug-likeness (QED) is 0.866. The van der Waals surface area contributed by atoms with Gasteiger partial charge >= 0.3 is 5.97 Å². The van der Waals surface area contributed by atoms with Crippen molar-refractivity contribution in [1.29, 1.82) is 0 Å². The monoisotopic (exact) mass is 233 g/mol. The molecule has 0 aliphatic carbocycles. The molecule has 1 aromatic rings. The molecule has 1 saturated heterocycles. The summed E-state index contributed by atoms with van der Waals surface area (Å²) in [5.41, 5.74) is 1.93. The van der Waals surface area contributed by atoms with Gasteiger partial charge in [0.2, 0.25) is 5.91 Å². The molecule has 0 spiro atoms. The Kier molecular flexibility index (Phi) is 3.13. The van der Waals surface area contributed by atoms with Crippen molar-refractivity contribution in [2.24, 2.45) is 5.92 Å². The number of carbonyl (C=O) groups excluding carboxylic acids is 1. The van der Waals surface area contributed by atoms with Gasteiger partial charge in [-0.25, -0.2) is 0 Å². The van der Waals surface area contributed by atoms with Gasteiger partial charge in [0.1, 0.15) is 0 Å². The van der Waals surface area contributed by atoms with Gasteiger partial charge < -0.3 is 10.0 Å². The Bertz CT molecular complexity index is 456. The molecule has 1 unspecified atom stereocenters. The predicted molar refractivity (Wildman–Crippen MR) is 63.9 cm³/mol. The lowest BCUT2D eigenvalue weighted by molar-refractivity contribution is -0.140. The van der Waals surface area contributed by atoms with Crippen LogP contribution in [0.2, 0.25) is 0 Å². The number of aryl methyl sites for hydroxylation is 1. The van der Waals surface area contributed by atoms with Gasteiger partial charge in [0.15, 0.2) is 0 Å². The van der Waals surface area contributed by atoms with Crippen LogP contribution in [-0.4, -0.2) is 23.5 Å². The molecule has 4 heteroatoms. The van der Waals surface area contributed by atoms with Gasteiger partial charge in [-0.1, -0.05) is 18.2 Å². The summed E-state index contributed by atoms with van der Waals surface area (Å²) in [4.78, 5) is 24.4. The summed E-state index contributed by atoms with van der Waals surface area (Å²) in [6, 6.07) is 7.66. The Labute approximate surface area is 99.9 Å². The van der Waals surface area contributed by atoms with E-state index in [4.69, 9.17) is 5.11 Å². The Morgan fingerprint density at radius 1 is 1.47 bits per heavy atom. The summed E-state index contributed by atoms with van der Waals surface area (Å²) in [5.74, 6) is -1.34. The minimum atomic E-state index is -0.907. The molecular formula is C13H15NO3. The molecule has 1 atom stereocenters. The fraction of sp³-hybridized carbons (Fsp3) is 0.385. The Morgan fingerprint density at radius 2 is 2.18 bits per heavy atom. The first-order valence-corrected chi connectivity index (χ1v) is 5.68. The minimum Gasteiger partial charge on any atom is -0.481 e. The molecule has 1 heterocycles. The maximum Gasteiger partial charge on any atom is 0.304 e. The third-order valence-corrected chi connectivity index (χ3v) is 3.14. The molecule has 90 valence electrons. The van der Waals surface area contributed by atoms with Crippen molar-refractivity contribution in [2.45, 2.75) is 19.8 Å². The van der Waals surface area contributed by atoms with E-state index >= 15 is 0 Å². The van der Waals surface area contributed by atoms with E-state index in [0.717, 1.165) is 11.3 Å². The molecule has 0 radical (unpaired) electrons. The highest BCUT2D eigenvalue weighted by molar-refractivity contribution is 5.99. The number of carbonyl (C=O) groups is 2. The van der Waals surface area contributed by atoms with Gasteiger partial charge in [-0.3, -0.25) is 9.59 Å². The molecule has 0 aromatic heterocycles. The second-order valence-electron chi connectivity index (χ2n) is 4.36. The standard InChI is InChI=1S/C13H15NO3/c1-9-4-2-3-5-11(9)14-7-6-10(13(14)17)8-12(15)16/h2-5,10H,6-8H2,1H3,(H,15,16). The van der Waals surface area contributed by atoms with Gasteiger partial charge in [0.25, 0.3) is 0 Å². The third-order valence-electron chi connectivity index (χ3n) is 3.14. The highest BCUT2D eigenvalue weighted by Crippen LogP contribution is 2.29.